The van der Waals surface area contributed by atoms with Crippen molar-refractivity contribution >= 4 is 35.0 Å². The van der Waals surface area contributed by atoms with Gasteiger partial charge in [-0.05, 0) is 48.2 Å². The fourth-order valence-electron chi connectivity index (χ4n) is 2.35. The number of nitrogens with one attached hydrogen (secondary N) is 2. The van der Waals surface area contributed by atoms with Crippen LogP contribution in [0, 0.1) is 0 Å². The minimum atomic E-state index is -0.290. The van der Waals surface area contributed by atoms with E-state index in [1.165, 1.54) is 0 Å². The Labute approximate surface area is 157 Å². The minimum absolute atomic E-state index is 0.176. The fourth-order valence-corrected chi connectivity index (χ4v) is 2.77. The number of carbonyl (C=O) groups is 2. The van der Waals surface area contributed by atoms with Crippen molar-refractivity contribution in [3.63, 3.8) is 0 Å². The molecular weight excluding hydrogens is 359 g/mol. The van der Waals surface area contributed by atoms with Crippen LogP contribution in [0.25, 0.3) is 0 Å². The van der Waals surface area contributed by atoms with E-state index in [0.29, 0.717) is 36.0 Å². The van der Waals surface area contributed by atoms with E-state index in [9.17, 15) is 9.59 Å². The summed E-state index contributed by atoms with van der Waals surface area (Å²) in [5.41, 5.74) is 2.08. The highest BCUT2D eigenvalue weighted by Crippen LogP contribution is 2.11. The molecule has 2 aromatic rings. The van der Waals surface area contributed by atoms with E-state index >= 15 is 0 Å². The largest absolute Gasteiger partial charge is 0.355 e. The molecule has 0 aliphatic rings. The number of halogens is 2. The second-order valence-corrected chi connectivity index (χ2v) is 6.51. The number of hydrogen-bond donors (Lipinski definition) is 2. The molecule has 0 heterocycles. The van der Waals surface area contributed by atoms with Crippen LogP contribution in [0.2, 0.25) is 10.0 Å². The predicted molar refractivity (Wildman–Crippen MR) is 101 cm³/mol. The van der Waals surface area contributed by atoms with Crippen LogP contribution in [-0.2, 0) is 22.4 Å². The summed E-state index contributed by atoms with van der Waals surface area (Å²) >= 11 is 11.8. The first kappa shape index (κ1) is 19.3. The Kier molecular flexibility index (Phi) is 7.76. The SMILES string of the molecule is O=C(CC(=O)NCCc1cccc(Cl)c1)NCCc1cccc(Cl)c1. The highest BCUT2D eigenvalue weighted by molar-refractivity contribution is 6.30. The summed E-state index contributed by atoms with van der Waals surface area (Å²) in [6.45, 7) is 0.934. The summed E-state index contributed by atoms with van der Waals surface area (Å²) in [7, 11) is 0. The van der Waals surface area contributed by atoms with Crippen molar-refractivity contribution in [3.8, 4) is 0 Å². The highest BCUT2D eigenvalue weighted by atomic mass is 35.5. The van der Waals surface area contributed by atoms with Crippen molar-refractivity contribution in [2.45, 2.75) is 19.3 Å². The number of amides is 2. The first-order valence-corrected chi connectivity index (χ1v) is 8.81. The molecule has 0 bridgehead atoms. The Hall–Kier alpha value is -2.04. The molecule has 4 nitrogen and oxygen atoms in total. The van der Waals surface area contributed by atoms with Gasteiger partial charge in [0.15, 0.2) is 0 Å². The van der Waals surface area contributed by atoms with Gasteiger partial charge in [0.2, 0.25) is 11.8 Å². The van der Waals surface area contributed by atoms with Gasteiger partial charge in [-0.3, -0.25) is 9.59 Å². The molecule has 6 heteroatoms. The van der Waals surface area contributed by atoms with Crippen LogP contribution in [0.15, 0.2) is 48.5 Å². The molecule has 0 saturated carbocycles. The number of rotatable bonds is 8. The van der Waals surface area contributed by atoms with Gasteiger partial charge in [-0.25, -0.2) is 0 Å². The van der Waals surface area contributed by atoms with Crippen LogP contribution < -0.4 is 10.6 Å². The van der Waals surface area contributed by atoms with Crippen LogP contribution in [0.4, 0.5) is 0 Å². The molecule has 0 unspecified atom stereocenters. The number of hydrogen-bond acceptors (Lipinski definition) is 2. The number of carbonyl (C=O) groups excluding carboxylic acids is 2. The van der Waals surface area contributed by atoms with Crippen molar-refractivity contribution < 1.29 is 9.59 Å². The van der Waals surface area contributed by atoms with Crippen molar-refractivity contribution in [2.24, 2.45) is 0 Å². The van der Waals surface area contributed by atoms with Gasteiger partial charge < -0.3 is 10.6 Å². The fraction of sp³-hybridized carbons (Fsp3) is 0.263. The van der Waals surface area contributed by atoms with Gasteiger partial charge in [0.05, 0.1) is 0 Å². The standard InChI is InChI=1S/C19H20Cl2N2O2/c20-16-5-1-3-14(11-16)7-9-22-18(24)13-19(25)23-10-8-15-4-2-6-17(21)12-15/h1-6,11-12H,7-10,13H2,(H,22,24)(H,23,25). The van der Waals surface area contributed by atoms with E-state index in [0.717, 1.165) is 11.1 Å². The third-order valence-corrected chi connectivity index (χ3v) is 4.04. The molecule has 2 aromatic carbocycles. The summed E-state index contributed by atoms with van der Waals surface area (Å²) in [6, 6.07) is 14.9. The molecule has 0 aliphatic heterocycles. The van der Waals surface area contributed by atoms with Crippen molar-refractivity contribution in [3.05, 3.63) is 69.7 Å². The third kappa shape index (κ3) is 7.59. The molecule has 2 N–H and O–H groups in total. The third-order valence-electron chi connectivity index (χ3n) is 3.57. The summed E-state index contributed by atoms with van der Waals surface area (Å²) < 4.78 is 0. The number of benzene rings is 2. The topological polar surface area (TPSA) is 58.2 Å². The van der Waals surface area contributed by atoms with Crippen molar-refractivity contribution in [1.29, 1.82) is 0 Å². The average molecular weight is 379 g/mol. The van der Waals surface area contributed by atoms with Crippen LogP contribution in [-0.4, -0.2) is 24.9 Å². The molecule has 0 spiro atoms. The normalized spacial score (nSPS) is 10.3. The van der Waals surface area contributed by atoms with Crippen molar-refractivity contribution in [1.82, 2.24) is 10.6 Å². The lowest BCUT2D eigenvalue weighted by atomic mass is 10.1. The molecule has 0 fully saturated rings. The monoisotopic (exact) mass is 378 g/mol. The second-order valence-electron chi connectivity index (χ2n) is 5.64. The van der Waals surface area contributed by atoms with E-state index in [4.69, 9.17) is 23.2 Å². The first-order valence-electron chi connectivity index (χ1n) is 8.05. The van der Waals surface area contributed by atoms with E-state index in [2.05, 4.69) is 10.6 Å². The van der Waals surface area contributed by atoms with E-state index in [1.54, 1.807) is 12.1 Å². The minimum Gasteiger partial charge on any atom is -0.355 e. The molecule has 0 aliphatic carbocycles. The van der Waals surface area contributed by atoms with Crippen LogP contribution >= 0.6 is 23.2 Å². The predicted octanol–water partition coefficient (Wildman–Crippen LogP) is 3.40. The Morgan fingerprint density at radius 2 is 1.20 bits per heavy atom. The van der Waals surface area contributed by atoms with Gasteiger partial charge in [0.1, 0.15) is 6.42 Å². The maximum Gasteiger partial charge on any atom is 0.229 e. The lowest BCUT2D eigenvalue weighted by molar-refractivity contribution is -0.129. The summed E-state index contributed by atoms with van der Waals surface area (Å²) in [5.74, 6) is -0.579. The molecule has 132 valence electrons. The first-order chi connectivity index (χ1) is 12.0. The maximum absolute atomic E-state index is 11.8. The highest BCUT2D eigenvalue weighted by Gasteiger charge is 2.08. The zero-order valence-corrected chi connectivity index (χ0v) is 15.2. The van der Waals surface area contributed by atoms with E-state index < -0.39 is 0 Å². The van der Waals surface area contributed by atoms with E-state index in [1.807, 2.05) is 36.4 Å². The van der Waals surface area contributed by atoms with Crippen LogP contribution in [0.5, 0.6) is 0 Å². The van der Waals surface area contributed by atoms with E-state index in [-0.39, 0.29) is 18.2 Å². The molecule has 2 amide bonds. The maximum atomic E-state index is 11.8. The van der Waals surface area contributed by atoms with Gasteiger partial charge >= 0.3 is 0 Å². The van der Waals surface area contributed by atoms with Gasteiger partial charge in [-0.15, -0.1) is 0 Å². The van der Waals surface area contributed by atoms with Gasteiger partial charge in [0.25, 0.3) is 0 Å². The second kappa shape index (κ2) is 10.1. The van der Waals surface area contributed by atoms with Gasteiger partial charge in [-0.2, -0.15) is 0 Å². The summed E-state index contributed by atoms with van der Waals surface area (Å²) in [5, 5.41) is 6.81. The lowest BCUT2D eigenvalue weighted by Crippen LogP contribution is -2.33. The molecule has 2 rings (SSSR count). The molecule has 0 aromatic heterocycles. The van der Waals surface area contributed by atoms with Crippen LogP contribution in [0.1, 0.15) is 17.5 Å². The lowest BCUT2D eigenvalue weighted by Gasteiger charge is -2.07. The van der Waals surface area contributed by atoms with Crippen molar-refractivity contribution in [2.75, 3.05) is 13.1 Å². The Morgan fingerprint density at radius 3 is 1.60 bits per heavy atom. The zero-order chi connectivity index (χ0) is 18.1. The summed E-state index contributed by atoms with van der Waals surface area (Å²) in [6.07, 6.45) is 1.16. The quantitative estimate of drug-likeness (QED) is 0.691. The molecular formula is C19H20Cl2N2O2. The smallest absolute Gasteiger partial charge is 0.229 e. The average Bonchev–Trinajstić information content (AvgIpc) is 2.55. The molecule has 0 saturated heterocycles. The Bertz CT molecular complexity index is 673. The zero-order valence-electron chi connectivity index (χ0n) is 13.7. The van der Waals surface area contributed by atoms with Gasteiger partial charge in [-0.1, -0.05) is 47.5 Å². The molecule has 0 radical (unpaired) electrons. The molecule has 0 atom stereocenters. The molecule has 25 heavy (non-hydrogen) atoms. The summed E-state index contributed by atoms with van der Waals surface area (Å²) in [4.78, 5) is 23.5. The van der Waals surface area contributed by atoms with Crippen LogP contribution in [0.3, 0.4) is 0 Å². The van der Waals surface area contributed by atoms with Gasteiger partial charge in [0, 0.05) is 23.1 Å². The Balaban J connectivity index is 1.62. The Morgan fingerprint density at radius 1 is 0.760 bits per heavy atom.